The summed E-state index contributed by atoms with van der Waals surface area (Å²) in [6, 6.07) is 0.678. The fourth-order valence-electron chi connectivity index (χ4n) is 2.37. The molecule has 1 radical (unpaired) electrons. The van der Waals surface area contributed by atoms with E-state index in [9.17, 15) is 0 Å². The van der Waals surface area contributed by atoms with Gasteiger partial charge in [0.05, 0.1) is 0 Å². The lowest BCUT2D eigenvalue weighted by Crippen LogP contribution is -2.29. The number of rotatable bonds is 4. The molecule has 0 aliphatic heterocycles. The Hall–Kier alpha value is -1.24. The molecule has 0 amide bonds. The van der Waals surface area contributed by atoms with Gasteiger partial charge in [0.25, 0.3) is 0 Å². The Balaban J connectivity index is 1.81. The summed E-state index contributed by atoms with van der Waals surface area (Å²) in [5.41, 5.74) is 2.60. The molecule has 0 unspecified atom stereocenters. The van der Waals surface area contributed by atoms with Crippen molar-refractivity contribution in [1.82, 2.24) is 5.32 Å². The summed E-state index contributed by atoms with van der Waals surface area (Å²) in [5.74, 6) is 0.918. The molecule has 2 aliphatic carbocycles. The topological polar surface area (TPSA) is 12.0 Å². The second-order valence-electron chi connectivity index (χ2n) is 5.11. The van der Waals surface area contributed by atoms with E-state index in [0.717, 1.165) is 5.92 Å². The minimum atomic E-state index is 0.678. The molecule has 1 fully saturated rings. The van der Waals surface area contributed by atoms with E-state index in [-0.39, 0.29) is 0 Å². The average Bonchev–Trinajstić information content (AvgIpc) is 2.31. The van der Waals surface area contributed by atoms with Crippen LogP contribution in [0.1, 0.15) is 32.6 Å². The third kappa shape index (κ3) is 3.36. The summed E-state index contributed by atoms with van der Waals surface area (Å²) < 4.78 is 0. The number of hydrogen-bond donors (Lipinski definition) is 1. The van der Waals surface area contributed by atoms with Crippen LogP contribution in [0.5, 0.6) is 0 Å². The van der Waals surface area contributed by atoms with Crippen LogP contribution >= 0.6 is 0 Å². The highest BCUT2D eigenvalue weighted by Crippen LogP contribution is 2.26. The van der Waals surface area contributed by atoms with Crippen LogP contribution < -0.4 is 5.32 Å². The van der Waals surface area contributed by atoms with E-state index in [0.29, 0.717) is 6.04 Å². The zero-order valence-electron chi connectivity index (χ0n) is 10.7. The van der Waals surface area contributed by atoms with Crippen molar-refractivity contribution < 1.29 is 0 Å². The Morgan fingerprint density at radius 1 is 1.18 bits per heavy atom. The molecule has 17 heavy (non-hydrogen) atoms. The monoisotopic (exact) mass is 228 g/mol. The molecular weight excluding hydrogens is 206 g/mol. The lowest BCUT2D eigenvalue weighted by Gasteiger charge is -2.27. The molecule has 0 saturated heterocycles. The maximum Gasteiger partial charge on any atom is 0.0256 e. The van der Waals surface area contributed by atoms with Crippen molar-refractivity contribution in [2.75, 3.05) is 0 Å². The maximum atomic E-state index is 3.68. The van der Waals surface area contributed by atoms with Gasteiger partial charge in [-0.2, -0.15) is 0 Å². The first-order valence-corrected chi connectivity index (χ1v) is 6.60. The smallest absolute Gasteiger partial charge is 0.0256 e. The Bertz CT molecular complexity index is 352. The molecule has 0 aromatic carbocycles. The van der Waals surface area contributed by atoms with Crippen LogP contribution in [-0.2, 0) is 0 Å². The van der Waals surface area contributed by atoms with Crippen molar-refractivity contribution in [2.24, 2.45) is 5.92 Å². The predicted octanol–water partition coefficient (Wildman–Crippen LogP) is 3.93. The minimum Gasteiger partial charge on any atom is -0.388 e. The Kier molecular flexibility index (Phi) is 4.24. The normalized spacial score (nSPS) is 32.5. The zero-order chi connectivity index (χ0) is 12.1. The van der Waals surface area contributed by atoms with E-state index in [1.807, 2.05) is 12.5 Å². The molecule has 1 saturated carbocycles. The predicted molar refractivity (Wildman–Crippen MR) is 74.4 cm³/mol. The van der Waals surface area contributed by atoms with Crippen molar-refractivity contribution in [3.63, 3.8) is 0 Å². The number of nitrogens with one attached hydrogen (secondary N) is 1. The van der Waals surface area contributed by atoms with E-state index in [4.69, 9.17) is 0 Å². The van der Waals surface area contributed by atoms with Gasteiger partial charge in [0.2, 0.25) is 0 Å². The Labute approximate surface area is 105 Å². The van der Waals surface area contributed by atoms with E-state index in [1.165, 1.54) is 36.8 Å². The lowest BCUT2D eigenvalue weighted by atomic mass is 9.87. The quantitative estimate of drug-likeness (QED) is 0.769. The SMILES string of the molecule is C=C[CH]C=C1C=C/C1=C\NC1CCC(C)CC1. The van der Waals surface area contributed by atoms with Crippen LogP contribution in [0.4, 0.5) is 0 Å². The molecular formula is C16H22N. The second-order valence-corrected chi connectivity index (χ2v) is 5.11. The van der Waals surface area contributed by atoms with Gasteiger partial charge >= 0.3 is 0 Å². The van der Waals surface area contributed by atoms with Gasteiger partial charge < -0.3 is 5.32 Å². The Morgan fingerprint density at radius 3 is 2.47 bits per heavy atom. The molecule has 0 aromatic rings. The molecule has 1 heteroatoms. The highest BCUT2D eigenvalue weighted by molar-refractivity contribution is 5.57. The molecule has 0 heterocycles. The summed E-state index contributed by atoms with van der Waals surface area (Å²) in [6.07, 6.45) is 17.7. The van der Waals surface area contributed by atoms with Gasteiger partial charge in [-0.15, -0.1) is 6.58 Å². The summed E-state index contributed by atoms with van der Waals surface area (Å²) in [5, 5.41) is 3.56. The summed E-state index contributed by atoms with van der Waals surface area (Å²) >= 11 is 0. The number of allylic oxidation sites excluding steroid dienone is 6. The first-order valence-electron chi connectivity index (χ1n) is 6.60. The van der Waals surface area contributed by atoms with E-state index in [2.05, 4.69) is 43.2 Å². The molecule has 1 nitrogen and oxygen atoms in total. The van der Waals surface area contributed by atoms with Gasteiger partial charge in [-0.3, -0.25) is 0 Å². The van der Waals surface area contributed by atoms with Crippen molar-refractivity contribution >= 4 is 0 Å². The molecule has 0 spiro atoms. The fraction of sp³-hybridized carbons (Fsp3) is 0.438. The summed E-state index contributed by atoms with van der Waals surface area (Å²) in [6.45, 7) is 6.04. The maximum absolute atomic E-state index is 3.68. The standard InChI is InChI=1S/C16H22N/c1-3-4-5-14-8-9-15(14)12-17-16-10-6-13(2)7-11-16/h3-5,8-9,12-13,16-17H,1,6-7,10-11H2,2H3/b14-5?,15-12+. The molecule has 0 bridgehead atoms. The van der Waals surface area contributed by atoms with Crippen molar-refractivity contribution in [2.45, 2.75) is 38.6 Å². The molecule has 2 rings (SSSR count). The minimum absolute atomic E-state index is 0.678. The Morgan fingerprint density at radius 2 is 1.88 bits per heavy atom. The fourth-order valence-corrected chi connectivity index (χ4v) is 2.37. The van der Waals surface area contributed by atoms with E-state index < -0.39 is 0 Å². The van der Waals surface area contributed by atoms with Crippen molar-refractivity contribution in [1.29, 1.82) is 0 Å². The van der Waals surface area contributed by atoms with Crippen molar-refractivity contribution in [3.05, 3.63) is 54.7 Å². The summed E-state index contributed by atoms with van der Waals surface area (Å²) in [4.78, 5) is 0. The van der Waals surface area contributed by atoms with Crippen LogP contribution in [-0.4, -0.2) is 6.04 Å². The van der Waals surface area contributed by atoms with Crippen LogP contribution in [0.25, 0.3) is 0 Å². The molecule has 2 aliphatic rings. The first-order chi connectivity index (χ1) is 8.29. The average molecular weight is 228 g/mol. The molecule has 91 valence electrons. The first kappa shape index (κ1) is 12.2. The van der Waals surface area contributed by atoms with Crippen LogP contribution in [0.2, 0.25) is 0 Å². The molecule has 0 aromatic heterocycles. The van der Waals surface area contributed by atoms with Gasteiger partial charge in [0.1, 0.15) is 0 Å². The zero-order valence-corrected chi connectivity index (χ0v) is 10.7. The lowest BCUT2D eigenvalue weighted by molar-refractivity contribution is 0.325. The third-order valence-corrected chi connectivity index (χ3v) is 3.68. The van der Waals surface area contributed by atoms with Gasteiger partial charge in [-0.25, -0.2) is 0 Å². The number of hydrogen-bond acceptors (Lipinski definition) is 1. The third-order valence-electron chi connectivity index (χ3n) is 3.68. The van der Waals surface area contributed by atoms with Crippen LogP contribution in [0.15, 0.2) is 48.2 Å². The highest BCUT2D eigenvalue weighted by atomic mass is 14.9. The second kappa shape index (κ2) is 5.90. The molecule has 1 N–H and O–H groups in total. The highest BCUT2D eigenvalue weighted by Gasteiger charge is 2.17. The van der Waals surface area contributed by atoms with E-state index >= 15 is 0 Å². The van der Waals surface area contributed by atoms with Gasteiger partial charge in [-0.05, 0) is 42.7 Å². The largest absolute Gasteiger partial charge is 0.388 e. The van der Waals surface area contributed by atoms with Gasteiger partial charge in [-0.1, -0.05) is 31.2 Å². The van der Waals surface area contributed by atoms with Gasteiger partial charge in [0.15, 0.2) is 0 Å². The summed E-state index contributed by atoms with van der Waals surface area (Å²) in [7, 11) is 0. The van der Waals surface area contributed by atoms with Gasteiger partial charge in [0, 0.05) is 18.7 Å². The van der Waals surface area contributed by atoms with Crippen LogP contribution in [0.3, 0.4) is 0 Å². The molecule has 0 atom stereocenters. The van der Waals surface area contributed by atoms with Crippen molar-refractivity contribution in [3.8, 4) is 0 Å². The van der Waals surface area contributed by atoms with Crippen LogP contribution in [0, 0.1) is 12.3 Å². The van der Waals surface area contributed by atoms with E-state index in [1.54, 1.807) is 0 Å².